The number of carbonyl (C=O) groups is 3. The fourth-order valence-corrected chi connectivity index (χ4v) is 3.38. The Bertz CT molecular complexity index is 954. The highest BCUT2D eigenvalue weighted by molar-refractivity contribution is 5.95. The van der Waals surface area contributed by atoms with Gasteiger partial charge in [0.2, 0.25) is 17.7 Å². The van der Waals surface area contributed by atoms with Gasteiger partial charge in [0.05, 0.1) is 6.21 Å². The van der Waals surface area contributed by atoms with Crippen LogP contribution in [-0.2, 0) is 14.4 Å². The molecule has 162 valence electrons. The third-order valence-corrected chi connectivity index (χ3v) is 4.84. The van der Waals surface area contributed by atoms with E-state index in [2.05, 4.69) is 21.1 Å². The van der Waals surface area contributed by atoms with E-state index in [1.807, 2.05) is 29.3 Å². The molecule has 0 bridgehead atoms. The molecule has 1 heterocycles. The van der Waals surface area contributed by atoms with Gasteiger partial charge < -0.3 is 16.0 Å². The Morgan fingerprint density at radius 2 is 1.35 bits per heavy atom. The summed E-state index contributed by atoms with van der Waals surface area (Å²) >= 11 is 0. The van der Waals surface area contributed by atoms with Crippen LogP contribution in [0.4, 0.5) is 17.1 Å². The van der Waals surface area contributed by atoms with Crippen molar-refractivity contribution in [3.05, 3.63) is 54.1 Å². The van der Waals surface area contributed by atoms with Crippen LogP contribution >= 0.6 is 0 Å². The number of piperidine rings is 1. The third kappa shape index (κ3) is 6.67. The van der Waals surface area contributed by atoms with Crippen molar-refractivity contribution in [3.8, 4) is 0 Å². The number of benzene rings is 2. The molecule has 8 heteroatoms. The molecule has 0 spiro atoms. The normalized spacial score (nSPS) is 16.1. The molecule has 2 aromatic carbocycles. The van der Waals surface area contributed by atoms with Crippen LogP contribution in [-0.4, -0.2) is 41.5 Å². The topological polar surface area (TPSA) is 103 Å². The van der Waals surface area contributed by atoms with E-state index in [4.69, 9.17) is 0 Å². The van der Waals surface area contributed by atoms with E-state index >= 15 is 0 Å². The van der Waals surface area contributed by atoms with E-state index in [1.54, 1.807) is 30.5 Å². The Morgan fingerprint density at radius 1 is 0.839 bits per heavy atom. The minimum atomic E-state index is -0.348. The quantitative estimate of drug-likeness (QED) is 0.622. The largest absolute Gasteiger partial charge is 0.326 e. The second-order valence-corrected chi connectivity index (χ2v) is 7.47. The molecule has 0 aliphatic carbocycles. The predicted octanol–water partition coefficient (Wildman–Crippen LogP) is 3.43. The van der Waals surface area contributed by atoms with Crippen molar-refractivity contribution in [3.63, 3.8) is 0 Å². The number of anilines is 3. The Labute approximate surface area is 181 Å². The average molecular weight is 422 g/mol. The van der Waals surface area contributed by atoms with Crippen LogP contribution in [0.3, 0.4) is 0 Å². The summed E-state index contributed by atoms with van der Waals surface area (Å²) in [5.74, 6) is -0.365. The summed E-state index contributed by atoms with van der Waals surface area (Å²) in [5, 5.41) is 14.7. The van der Waals surface area contributed by atoms with Gasteiger partial charge in [0, 0.05) is 37.5 Å². The Kier molecular flexibility index (Phi) is 7.37. The first-order valence-corrected chi connectivity index (χ1v) is 10.3. The zero-order valence-electron chi connectivity index (χ0n) is 17.7. The van der Waals surface area contributed by atoms with Gasteiger partial charge in [-0.2, -0.15) is 5.10 Å². The zero-order chi connectivity index (χ0) is 22.2. The van der Waals surface area contributed by atoms with Crippen LogP contribution in [0.2, 0.25) is 0 Å². The number of nitrogens with zero attached hydrogens (tertiary/aromatic N) is 2. The van der Waals surface area contributed by atoms with Crippen molar-refractivity contribution in [2.24, 2.45) is 5.10 Å². The second-order valence-electron chi connectivity index (χ2n) is 7.47. The molecule has 31 heavy (non-hydrogen) atoms. The highest BCUT2D eigenvalue weighted by atomic mass is 16.2. The first-order chi connectivity index (χ1) is 14.9. The summed E-state index contributed by atoms with van der Waals surface area (Å²) in [6.07, 6.45) is 4.41. The van der Waals surface area contributed by atoms with Gasteiger partial charge in [-0.15, -0.1) is 0 Å². The summed E-state index contributed by atoms with van der Waals surface area (Å²) in [7, 11) is 0. The van der Waals surface area contributed by atoms with Gasteiger partial charge in [0.15, 0.2) is 0 Å². The molecule has 1 fully saturated rings. The minimum absolute atomic E-state index is 0.106. The minimum Gasteiger partial charge on any atom is -0.326 e. The number of nitrogens with one attached hydrogen (secondary N) is 3. The highest BCUT2D eigenvalue weighted by Gasteiger charge is 2.27. The van der Waals surface area contributed by atoms with Crippen molar-refractivity contribution in [2.75, 3.05) is 22.5 Å². The van der Waals surface area contributed by atoms with Crippen molar-refractivity contribution in [1.82, 2.24) is 5.01 Å². The molecule has 1 aliphatic heterocycles. The maximum Gasteiger partial charge on any atom is 0.248 e. The summed E-state index contributed by atoms with van der Waals surface area (Å²) in [6.45, 7) is 3.62. The SMILES string of the molecule is CC(=O)Nc1ccc(/C=N/N2CCCCC2C(=O)Nc2ccc(NC(C)=O)cc2)cc1. The van der Waals surface area contributed by atoms with Gasteiger partial charge in [-0.1, -0.05) is 12.1 Å². The maximum atomic E-state index is 12.9. The molecular weight excluding hydrogens is 394 g/mol. The third-order valence-electron chi connectivity index (χ3n) is 4.84. The van der Waals surface area contributed by atoms with Gasteiger partial charge >= 0.3 is 0 Å². The van der Waals surface area contributed by atoms with E-state index < -0.39 is 0 Å². The second kappa shape index (κ2) is 10.4. The standard InChI is InChI=1S/C23H27N5O3/c1-16(29)25-19-8-6-18(7-9-19)15-24-28-14-4-3-5-22(28)23(31)27-21-12-10-20(11-13-21)26-17(2)30/h6-13,15,22H,3-5,14H2,1-2H3,(H,25,29)(H,26,30)(H,27,31)/b24-15+. The van der Waals surface area contributed by atoms with E-state index in [1.165, 1.54) is 13.8 Å². The van der Waals surface area contributed by atoms with Crippen LogP contribution in [0.5, 0.6) is 0 Å². The number of hydrogen-bond acceptors (Lipinski definition) is 5. The lowest BCUT2D eigenvalue weighted by Crippen LogP contribution is -2.44. The maximum absolute atomic E-state index is 12.9. The molecule has 3 amide bonds. The highest BCUT2D eigenvalue weighted by Crippen LogP contribution is 2.20. The lowest BCUT2D eigenvalue weighted by molar-refractivity contribution is -0.122. The molecule has 1 unspecified atom stereocenters. The fraction of sp³-hybridized carbons (Fsp3) is 0.304. The Balaban J connectivity index is 1.62. The first kappa shape index (κ1) is 22.0. The zero-order valence-corrected chi connectivity index (χ0v) is 17.7. The average Bonchev–Trinajstić information content (AvgIpc) is 2.74. The number of hydrazone groups is 1. The molecule has 0 saturated carbocycles. The molecule has 1 saturated heterocycles. The predicted molar refractivity (Wildman–Crippen MR) is 122 cm³/mol. The van der Waals surface area contributed by atoms with Crippen LogP contribution in [0, 0.1) is 0 Å². The van der Waals surface area contributed by atoms with Crippen LogP contribution in [0.1, 0.15) is 38.7 Å². The lowest BCUT2D eigenvalue weighted by Gasteiger charge is -2.32. The number of hydrogen-bond donors (Lipinski definition) is 3. The summed E-state index contributed by atoms with van der Waals surface area (Å²) in [5.41, 5.74) is 2.96. The van der Waals surface area contributed by atoms with Crippen LogP contribution < -0.4 is 16.0 Å². The van der Waals surface area contributed by atoms with E-state index in [0.717, 1.165) is 30.5 Å². The van der Waals surface area contributed by atoms with E-state index in [-0.39, 0.29) is 23.8 Å². The Morgan fingerprint density at radius 3 is 1.90 bits per heavy atom. The van der Waals surface area contributed by atoms with Crippen LogP contribution in [0.15, 0.2) is 53.6 Å². The molecule has 0 radical (unpaired) electrons. The van der Waals surface area contributed by atoms with Gasteiger partial charge in [-0.25, -0.2) is 0 Å². The summed E-state index contributed by atoms with van der Waals surface area (Å²) in [6, 6.07) is 14.0. The number of rotatable bonds is 6. The lowest BCUT2D eigenvalue weighted by atomic mass is 10.0. The fourth-order valence-electron chi connectivity index (χ4n) is 3.38. The van der Waals surface area contributed by atoms with Gasteiger partial charge in [-0.05, 0) is 61.2 Å². The van der Waals surface area contributed by atoms with Gasteiger partial charge in [-0.3, -0.25) is 19.4 Å². The first-order valence-electron chi connectivity index (χ1n) is 10.3. The number of carbonyl (C=O) groups excluding carboxylic acids is 3. The molecule has 8 nitrogen and oxygen atoms in total. The van der Waals surface area contributed by atoms with Crippen molar-refractivity contribution in [2.45, 2.75) is 39.2 Å². The van der Waals surface area contributed by atoms with E-state index in [0.29, 0.717) is 17.9 Å². The molecule has 1 atom stereocenters. The van der Waals surface area contributed by atoms with Gasteiger partial charge in [0.25, 0.3) is 0 Å². The molecule has 1 aliphatic rings. The summed E-state index contributed by atoms with van der Waals surface area (Å²) in [4.78, 5) is 35.1. The Hall–Kier alpha value is -3.68. The molecule has 3 N–H and O–H groups in total. The molecule has 0 aromatic heterocycles. The van der Waals surface area contributed by atoms with Crippen molar-refractivity contribution in [1.29, 1.82) is 0 Å². The monoisotopic (exact) mass is 421 g/mol. The van der Waals surface area contributed by atoms with Crippen molar-refractivity contribution < 1.29 is 14.4 Å². The van der Waals surface area contributed by atoms with Gasteiger partial charge in [0.1, 0.15) is 6.04 Å². The smallest absolute Gasteiger partial charge is 0.248 e. The molecule has 2 aromatic rings. The van der Waals surface area contributed by atoms with Crippen molar-refractivity contribution >= 4 is 41.0 Å². The molecule has 3 rings (SSSR count). The van der Waals surface area contributed by atoms with E-state index in [9.17, 15) is 14.4 Å². The summed E-state index contributed by atoms with van der Waals surface area (Å²) < 4.78 is 0. The van der Waals surface area contributed by atoms with Crippen LogP contribution in [0.25, 0.3) is 0 Å². The molecular formula is C23H27N5O3. The number of amides is 3.